The zero-order valence-electron chi connectivity index (χ0n) is 13.8. The van der Waals surface area contributed by atoms with Gasteiger partial charge in [0, 0.05) is 40.4 Å². The molecule has 0 spiro atoms. The summed E-state index contributed by atoms with van der Waals surface area (Å²) in [6.07, 6.45) is 8.39. The van der Waals surface area contributed by atoms with Crippen LogP contribution in [0.3, 0.4) is 0 Å². The molecule has 2 aromatic heterocycles. The average molecular weight is 407 g/mol. The summed E-state index contributed by atoms with van der Waals surface area (Å²) in [5, 5.41) is 3.92. The van der Waals surface area contributed by atoms with Gasteiger partial charge in [-0.1, -0.05) is 12.8 Å². The second kappa shape index (κ2) is 6.78. The average Bonchev–Trinajstić information content (AvgIpc) is 3.24. The lowest BCUT2D eigenvalue weighted by atomic mass is 9.99. The minimum Gasteiger partial charge on any atom is -0.346 e. The number of hydrogen-bond acceptors (Lipinski definition) is 2. The summed E-state index contributed by atoms with van der Waals surface area (Å²) in [6, 6.07) is 2.04. The van der Waals surface area contributed by atoms with E-state index in [0.29, 0.717) is 18.5 Å². The molecule has 5 nitrogen and oxygen atoms in total. The second-order valence-electron chi connectivity index (χ2n) is 6.74. The Balaban J connectivity index is 1.53. The van der Waals surface area contributed by atoms with Gasteiger partial charge in [-0.25, -0.2) is 14.2 Å². The molecule has 2 amide bonds. The van der Waals surface area contributed by atoms with E-state index in [2.05, 4.69) is 31.2 Å². The van der Waals surface area contributed by atoms with Crippen molar-refractivity contribution in [2.24, 2.45) is 0 Å². The van der Waals surface area contributed by atoms with Crippen LogP contribution >= 0.6 is 15.9 Å². The molecule has 0 atom stereocenters. The number of nitrogens with zero attached hydrogens (tertiary/aromatic N) is 2. The Kier molecular flexibility index (Phi) is 4.50. The number of urea groups is 1. The number of aromatic amines is 1. The quantitative estimate of drug-likeness (QED) is 0.777. The van der Waals surface area contributed by atoms with E-state index >= 15 is 0 Å². The third-order valence-corrected chi connectivity index (χ3v) is 5.52. The summed E-state index contributed by atoms with van der Waals surface area (Å²) in [5.74, 6) is -0.242. The van der Waals surface area contributed by atoms with Gasteiger partial charge in [0.2, 0.25) is 0 Å². The molecule has 25 heavy (non-hydrogen) atoms. The molecule has 0 aromatic carbocycles. The lowest BCUT2D eigenvalue weighted by Crippen LogP contribution is -2.46. The largest absolute Gasteiger partial charge is 0.346 e. The molecule has 2 aliphatic rings. The van der Waals surface area contributed by atoms with E-state index < -0.39 is 0 Å². The lowest BCUT2D eigenvalue weighted by Gasteiger charge is -2.29. The first-order valence-electron chi connectivity index (χ1n) is 8.68. The van der Waals surface area contributed by atoms with Gasteiger partial charge in [-0.2, -0.15) is 0 Å². The molecular weight excluding hydrogens is 387 g/mol. The summed E-state index contributed by atoms with van der Waals surface area (Å²) >= 11 is 3.41. The van der Waals surface area contributed by atoms with Gasteiger partial charge in [0.05, 0.1) is 6.54 Å². The molecule has 0 radical (unpaired) electrons. The van der Waals surface area contributed by atoms with Crippen molar-refractivity contribution in [1.29, 1.82) is 0 Å². The maximum atomic E-state index is 14.8. The van der Waals surface area contributed by atoms with Gasteiger partial charge in [0.25, 0.3) is 0 Å². The number of aromatic nitrogens is 2. The van der Waals surface area contributed by atoms with Crippen LogP contribution in [0.15, 0.2) is 28.8 Å². The Labute approximate surface area is 153 Å². The maximum absolute atomic E-state index is 14.8. The number of nitrogens with one attached hydrogen (secondary N) is 2. The van der Waals surface area contributed by atoms with Crippen LogP contribution in [0.1, 0.15) is 37.7 Å². The van der Waals surface area contributed by atoms with Crippen molar-refractivity contribution in [2.75, 3.05) is 13.1 Å². The minimum absolute atomic E-state index is 0.0298. The monoisotopic (exact) mass is 406 g/mol. The Hall–Kier alpha value is -1.89. The Morgan fingerprint density at radius 3 is 2.96 bits per heavy atom. The number of amides is 2. The van der Waals surface area contributed by atoms with Crippen LogP contribution in [0.4, 0.5) is 9.18 Å². The third-order valence-electron chi connectivity index (χ3n) is 5.08. The molecule has 0 bridgehead atoms. The van der Waals surface area contributed by atoms with Crippen molar-refractivity contribution < 1.29 is 9.18 Å². The van der Waals surface area contributed by atoms with Crippen molar-refractivity contribution in [3.8, 4) is 0 Å². The first kappa shape index (κ1) is 16.6. The van der Waals surface area contributed by atoms with Crippen LogP contribution in [-0.2, 0) is 0 Å². The van der Waals surface area contributed by atoms with Crippen LogP contribution < -0.4 is 5.32 Å². The Bertz CT molecular complexity index is 841. The van der Waals surface area contributed by atoms with E-state index in [1.54, 1.807) is 17.3 Å². The van der Waals surface area contributed by atoms with E-state index in [0.717, 1.165) is 46.8 Å². The predicted octanol–water partition coefficient (Wildman–Crippen LogP) is 4.36. The summed E-state index contributed by atoms with van der Waals surface area (Å²) in [5.41, 5.74) is 2.23. The third kappa shape index (κ3) is 3.29. The van der Waals surface area contributed by atoms with E-state index in [1.807, 2.05) is 6.07 Å². The van der Waals surface area contributed by atoms with Crippen molar-refractivity contribution in [2.45, 2.75) is 38.1 Å². The van der Waals surface area contributed by atoms with Gasteiger partial charge in [-0.3, -0.25) is 0 Å². The van der Waals surface area contributed by atoms with E-state index in [9.17, 15) is 9.18 Å². The van der Waals surface area contributed by atoms with Gasteiger partial charge in [-0.05, 0) is 46.8 Å². The number of hydrogen-bond donors (Lipinski definition) is 2. The van der Waals surface area contributed by atoms with Crippen LogP contribution in [-0.4, -0.2) is 40.0 Å². The molecule has 7 heteroatoms. The molecule has 2 aromatic rings. The predicted molar refractivity (Wildman–Crippen MR) is 98.8 cm³/mol. The summed E-state index contributed by atoms with van der Waals surface area (Å²) < 4.78 is 15.6. The lowest BCUT2D eigenvalue weighted by molar-refractivity contribution is 0.193. The van der Waals surface area contributed by atoms with E-state index in [1.165, 1.54) is 0 Å². The summed E-state index contributed by atoms with van der Waals surface area (Å²) in [6.45, 7) is 0.553. The highest BCUT2D eigenvalue weighted by Gasteiger charge is 2.27. The number of carbonyl (C=O) groups excluding carboxylic acids is 1. The fraction of sp³-hybridized carbons (Fsp3) is 0.444. The first-order chi connectivity index (χ1) is 12.1. The molecule has 132 valence electrons. The zero-order valence-corrected chi connectivity index (χ0v) is 15.4. The smallest absolute Gasteiger partial charge is 0.318 e. The SMILES string of the molecule is O=C(NC1CCCC1)N1CCC(c2c[nH]c3ncc(Br)cc23)=C(F)C1. The fourth-order valence-corrected chi connectivity index (χ4v) is 4.07. The van der Waals surface area contributed by atoms with Crippen LogP contribution in [0, 0.1) is 0 Å². The molecule has 1 aliphatic heterocycles. The maximum Gasteiger partial charge on any atom is 0.318 e. The van der Waals surface area contributed by atoms with Crippen LogP contribution in [0.5, 0.6) is 0 Å². The highest BCUT2D eigenvalue weighted by atomic mass is 79.9. The van der Waals surface area contributed by atoms with Gasteiger partial charge in [-0.15, -0.1) is 0 Å². The highest BCUT2D eigenvalue weighted by Crippen LogP contribution is 2.33. The molecule has 2 N–H and O–H groups in total. The minimum atomic E-state index is -0.242. The molecule has 1 saturated carbocycles. The summed E-state index contributed by atoms with van der Waals surface area (Å²) in [7, 11) is 0. The number of H-pyrrole nitrogens is 1. The van der Waals surface area contributed by atoms with Gasteiger partial charge in [0.1, 0.15) is 11.5 Å². The first-order valence-corrected chi connectivity index (χ1v) is 9.47. The van der Waals surface area contributed by atoms with Gasteiger partial charge >= 0.3 is 6.03 Å². The standard InChI is InChI=1S/C18H20BrFN4O/c19-11-7-14-15(9-22-17(14)21-8-11)13-5-6-24(10-16(13)20)18(25)23-12-3-1-2-4-12/h7-9,12H,1-6,10H2,(H,21,22)(H,23,25). The normalized spacial score (nSPS) is 19.0. The molecule has 1 aliphatic carbocycles. The molecule has 0 saturated heterocycles. The Morgan fingerprint density at radius 2 is 2.20 bits per heavy atom. The number of rotatable bonds is 2. The number of halogens is 2. The molecule has 1 fully saturated rings. The zero-order chi connectivity index (χ0) is 17.4. The number of pyridine rings is 1. The molecular formula is C18H20BrFN4O. The van der Waals surface area contributed by atoms with Crippen molar-refractivity contribution >= 4 is 38.6 Å². The Morgan fingerprint density at radius 1 is 1.40 bits per heavy atom. The number of fused-ring (bicyclic) bond motifs is 1. The number of carbonyl (C=O) groups is 1. The van der Waals surface area contributed by atoms with Gasteiger partial charge < -0.3 is 15.2 Å². The molecule has 4 rings (SSSR count). The van der Waals surface area contributed by atoms with Crippen LogP contribution in [0.25, 0.3) is 16.6 Å². The van der Waals surface area contributed by atoms with Crippen molar-refractivity contribution in [1.82, 2.24) is 20.2 Å². The van der Waals surface area contributed by atoms with Gasteiger partial charge in [0.15, 0.2) is 0 Å². The van der Waals surface area contributed by atoms with Crippen LogP contribution in [0.2, 0.25) is 0 Å². The molecule has 0 unspecified atom stereocenters. The topological polar surface area (TPSA) is 61.0 Å². The highest BCUT2D eigenvalue weighted by molar-refractivity contribution is 9.10. The fourth-order valence-electron chi connectivity index (χ4n) is 3.74. The summed E-state index contributed by atoms with van der Waals surface area (Å²) in [4.78, 5) is 21.3. The van der Waals surface area contributed by atoms with Crippen molar-refractivity contribution in [3.63, 3.8) is 0 Å². The second-order valence-corrected chi connectivity index (χ2v) is 7.65. The van der Waals surface area contributed by atoms with E-state index in [-0.39, 0.29) is 24.4 Å². The van der Waals surface area contributed by atoms with E-state index in [4.69, 9.17) is 0 Å². The van der Waals surface area contributed by atoms with Crippen molar-refractivity contribution in [3.05, 3.63) is 34.3 Å². The molecule has 3 heterocycles.